The number of likely N-dealkylation sites (tertiary alicyclic amines) is 1. The molecule has 3 aromatic rings. The molecule has 0 spiro atoms. The van der Waals surface area contributed by atoms with Crippen LogP contribution >= 0.6 is 0 Å². The van der Waals surface area contributed by atoms with Crippen molar-refractivity contribution in [3.8, 4) is 5.88 Å². The number of hydrogen-bond acceptors (Lipinski definition) is 6. The zero-order chi connectivity index (χ0) is 21.6. The van der Waals surface area contributed by atoms with Crippen molar-refractivity contribution in [3.05, 3.63) is 48.2 Å². The van der Waals surface area contributed by atoms with Gasteiger partial charge in [-0.25, -0.2) is 14.6 Å². The third-order valence-corrected chi connectivity index (χ3v) is 5.07. The van der Waals surface area contributed by atoms with E-state index in [-0.39, 0.29) is 24.8 Å². The monoisotopic (exact) mass is 424 g/mol. The van der Waals surface area contributed by atoms with Crippen molar-refractivity contribution < 1.29 is 19.1 Å². The van der Waals surface area contributed by atoms with Crippen LogP contribution in [-0.4, -0.2) is 58.4 Å². The van der Waals surface area contributed by atoms with Crippen LogP contribution in [0, 0.1) is 0 Å². The molecule has 10 nitrogen and oxygen atoms in total. The number of anilines is 1. The number of piperidine rings is 1. The van der Waals surface area contributed by atoms with E-state index in [9.17, 15) is 9.59 Å². The number of rotatable bonds is 5. The second-order valence-corrected chi connectivity index (χ2v) is 7.27. The van der Waals surface area contributed by atoms with Crippen LogP contribution < -0.4 is 15.4 Å². The zero-order valence-corrected chi connectivity index (χ0v) is 17.1. The second kappa shape index (κ2) is 9.33. The Bertz CT molecular complexity index is 1050. The first-order valence-corrected chi connectivity index (χ1v) is 10.0. The SMILES string of the molecule is COc1n[nH]c2cc(NC(=O)NC3CCCN(C(=O)OCc4ccccc4)C3)ncc12. The van der Waals surface area contributed by atoms with Crippen LogP contribution in [-0.2, 0) is 11.3 Å². The maximum absolute atomic E-state index is 12.4. The van der Waals surface area contributed by atoms with Gasteiger partial charge in [-0.05, 0) is 18.4 Å². The van der Waals surface area contributed by atoms with E-state index < -0.39 is 0 Å². The minimum absolute atomic E-state index is 0.172. The topological polar surface area (TPSA) is 121 Å². The molecular weight excluding hydrogens is 400 g/mol. The average molecular weight is 424 g/mol. The van der Waals surface area contributed by atoms with Gasteiger partial charge < -0.3 is 19.7 Å². The lowest BCUT2D eigenvalue weighted by Crippen LogP contribution is -2.50. The minimum atomic E-state index is -0.386. The fourth-order valence-electron chi connectivity index (χ4n) is 3.52. The van der Waals surface area contributed by atoms with Crippen molar-refractivity contribution >= 4 is 28.8 Å². The summed E-state index contributed by atoms with van der Waals surface area (Å²) in [6, 6.07) is 10.6. The number of carbonyl (C=O) groups is 2. The van der Waals surface area contributed by atoms with Gasteiger partial charge in [-0.3, -0.25) is 10.4 Å². The first kappa shape index (κ1) is 20.5. The summed E-state index contributed by atoms with van der Waals surface area (Å²) in [6.45, 7) is 1.22. The van der Waals surface area contributed by atoms with Crippen LogP contribution in [0.25, 0.3) is 10.9 Å². The Morgan fingerprint density at radius 3 is 2.94 bits per heavy atom. The van der Waals surface area contributed by atoms with E-state index in [0.717, 1.165) is 23.8 Å². The van der Waals surface area contributed by atoms with Gasteiger partial charge in [-0.1, -0.05) is 30.3 Å². The van der Waals surface area contributed by atoms with E-state index in [1.807, 2.05) is 30.3 Å². The Hall–Kier alpha value is -3.82. The third-order valence-electron chi connectivity index (χ3n) is 5.07. The molecule has 0 saturated carbocycles. The molecule has 3 amide bonds. The van der Waals surface area contributed by atoms with E-state index in [1.165, 1.54) is 7.11 Å². The number of aromatic nitrogens is 3. The number of nitrogens with zero attached hydrogens (tertiary/aromatic N) is 3. The highest BCUT2D eigenvalue weighted by atomic mass is 16.6. The maximum atomic E-state index is 12.4. The number of pyridine rings is 1. The Morgan fingerprint density at radius 2 is 2.13 bits per heavy atom. The Labute approximate surface area is 178 Å². The molecule has 1 aliphatic rings. The summed E-state index contributed by atoms with van der Waals surface area (Å²) in [4.78, 5) is 30.7. The van der Waals surface area contributed by atoms with Crippen LogP contribution in [0.1, 0.15) is 18.4 Å². The normalized spacial score (nSPS) is 16.0. The summed E-state index contributed by atoms with van der Waals surface area (Å²) >= 11 is 0. The molecule has 1 aromatic carbocycles. The fraction of sp³-hybridized carbons (Fsp3) is 0.333. The highest BCUT2D eigenvalue weighted by molar-refractivity contribution is 5.92. The van der Waals surface area contributed by atoms with Crippen LogP contribution in [0.5, 0.6) is 5.88 Å². The average Bonchev–Trinajstić information content (AvgIpc) is 3.20. The van der Waals surface area contributed by atoms with Crippen molar-refractivity contribution in [1.82, 2.24) is 25.4 Å². The molecule has 1 aliphatic heterocycles. The third kappa shape index (κ3) is 5.03. The fourth-order valence-corrected chi connectivity index (χ4v) is 3.52. The predicted molar refractivity (Wildman–Crippen MR) is 114 cm³/mol. The first-order chi connectivity index (χ1) is 15.1. The number of benzene rings is 1. The molecule has 2 aromatic heterocycles. The van der Waals surface area contributed by atoms with Crippen LogP contribution in [0.3, 0.4) is 0 Å². The number of methoxy groups -OCH3 is 1. The largest absolute Gasteiger partial charge is 0.479 e. The van der Waals surface area contributed by atoms with Gasteiger partial charge in [-0.2, -0.15) is 0 Å². The number of amides is 3. The number of ether oxygens (including phenoxy) is 2. The quantitative estimate of drug-likeness (QED) is 0.579. The molecule has 162 valence electrons. The smallest absolute Gasteiger partial charge is 0.410 e. The highest BCUT2D eigenvalue weighted by Crippen LogP contribution is 2.23. The van der Waals surface area contributed by atoms with E-state index >= 15 is 0 Å². The Balaban J connectivity index is 1.28. The van der Waals surface area contributed by atoms with Crippen LogP contribution in [0.2, 0.25) is 0 Å². The Kier molecular flexibility index (Phi) is 6.16. The standard InChI is InChI=1S/C21H24N6O4/c1-30-19-16-11-22-18(10-17(16)25-26-19)24-20(28)23-15-8-5-9-27(12-15)21(29)31-13-14-6-3-2-4-7-14/h2-4,6-7,10-11,15H,5,8-9,12-13H2,1H3,(H,25,26)(H2,22,23,24,28). The first-order valence-electron chi connectivity index (χ1n) is 10.0. The summed E-state index contributed by atoms with van der Waals surface area (Å²) in [5.41, 5.74) is 1.63. The van der Waals surface area contributed by atoms with Gasteiger partial charge in [0.1, 0.15) is 12.4 Å². The van der Waals surface area contributed by atoms with Crippen molar-refractivity contribution in [2.24, 2.45) is 0 Å². The molecule has 4 rings (SSSR count). The summed E-state index contributed by atoms with van der Waals surface area (Å²) in [7, 11) is 1.53. The number of aromatic amines is 1. The predicted octanol–water partition coefficient (Wildman–Crippen LogP) is 2.89. The van der Waals surface area contributed by atoms with Crippen molar-refractivity contribution in [1.29, 1.82) is 0 Å². The number of fused-ring (bicyclic) bond motifs is 1. The lowest BCUT2D eigenvalue weighted by molar-refractivity contribution is 0.0841. The summed E-state index contributed by atoms with van der Waals surface area (Å²) in [5.74, 6) is 0.825. The van der Waals surface area contributed by atoms with Gasteiger partial charge in [0.2, 0.25) is 5.88 Å². The summed E-state index contributed by atoms with van der Waals surface area (Å²) in [6.07, 6.45) is 2.76. The van der Waals surface area contributed by atoms with Gasteiger partial charge >= 0.3 is 12.1 Å². The van der Waals surface area contributed by atoms with E-state index in [4.69, 9.17) is 9.47 Å². The highest BCUT2D eigenvalue weighted by Gasteiger charge is 2.26. The van der Waals surface area contributed by atoms with Crippen molar-refractivity contribution in [2.45, 2.75) is 25.5 Å². The second-order valence-electron chi connectivity index (χ2n) is 7.27. The number of urea groups is 1. The number of nitrogens with one attached hydrogen (secondary N) is 3. The molecular formula is C21H24N6O4. The molecule has 3 heterocycles. The van der Waals surface area contributed by atoms with Crippen LogP contribution in [0.4, 0.5) is 15.4 Å². The molecule has 0 radical (unpaired) electrons. The number of H-pyrrole nitrogens is 1. The molecule has 0 aliphatic carbocycles. The van der Waals surface area contributed by atoms with Gasteiger partial charge in [0, 0.05) is 31.4 Å². The molecule has 1 unspecified atom stereocenters. The molecule has 1 atom stereocenters. The van der Waals surface area contributed by atoms with Gasteiger partial charge in [0.15, 0.2) is 0 Å². The Morgan fingerprint density at radius 1 is 1.29 bits per heavy atom. The van der Waals surface area contributed by atoms with Crippen molar-refractivity contribution in [3.63, 3.8) is 0 Å². The molecule has 1 saturated heterocycles. The lowest BCUT2D eigenvalue weighted by Gasteiger charge is -2.32. The van der Waals surface area contributed by atoms with E-state index in [1.54, 1.807) is 17.2 Å². The molecule has 0 bridgehead atoms. The minimum Gasteiger partial charge on any atom is -0.479 e. The maximum Gasteiger partial charge on any atom is 0.410 e. The van der Waals surface area contributed by atoms with E-state index in [0.29, 0.717) is 30.3 Å². The zero-order valence-electron chi connectivity index (χ0n) is 17.1. The number of carbonyl (C=O) groups excluding carboxylic acids is 2. The summed E-state index contributed by atoms with van der Waals surface area (Å²) < 4.78 is 10.5. The summed E-state index contributed by atoms with van der Waals surface area (Å²) in [5, 5.41) is 13.2. The van der Waals surface area contributed by atoms with E-state index in [2.05, 4.69) is 25.8 Å². The van der Waals surface area contributed by atoms with Crippen LogP contribution in [0.15, 0.2) is 42.6 Å². The number of hydrogen-bond donors (Lipinski definition) is 3. The lowest BCUT2D eigenvalue weighted by atomic mass is 10.1. The molecule has 10 heteroatoms. The molecule has 31 heavy (non-hydrogen) atoms. The van der Waals surface area contributed by atoms with Crippen molar-refractivity contribution in [2.75, 3.05) is 25.5 Å². The van der Waals surface area contributed by atoms with Gasteiger partial charge in [0.05, 0.1) is 18.0 Å². The van der Waals surface area contributed by atoms with Gasteiger partial charge in [-0.15, -0.1) is 5.10 Å². The molecule has 3 N–H and O–H groups in total. The molecule has 1 fully saturated rings. The van der Waals surface area contributed by atoms with Gasteiger partial charge in [0.25, 0.3) is 0 Å².